The van der Waals surface area contributed by atoms with Crippen molar-refractivity contribution in [3.8, 4) is 0 Å². The fourth-order valence-electron chi connectivity index (χ4n) is 3.76. The highest BCUT2D eigenvalue weighted by Crippen LogP contribution is 2.18. The Morgan fingerprint density at radius 3 is 2.44 bits per heavy atom. The number of amides is 1. The first-order chi connectivity index (χ1) is 13.3. The van der Waals surface area contributed by atoms with E-state index in [1.807, 2.05) is 4.90 Å². The molecule has 2 fully saturated rings. The fourth-order valence-corrected chi connectivity index (χ4v) is 3.76. The summed E-state index contributed by atoms with van der Waals surface area (Å²) in [7, 11) is 0. The predicted octanol–water partition coefficient (Wildman–Crippen LogP) is 2.51. The lowest BCUT2D eigenvalue weighted by Gasteiger charge is -2.32. The van der Waals surface area contributed by atoms with E-state index in [4.69, 9.17) is 9.15 Å². The minimum Gasteiger partial charge on any atom is -0.472 e. The van der Waals surface area contributed by atoms with Gasteiger partial charge in [-0.15, -0.1) is 0 Å². The fraction of sp³-hybridized carbons (Fsp3) is 0.476. The lowest BCUT2D eigenvalue weighted by molar-refractivity contribution is 0.0704. The molecular formula is C21H27N3O3. The Morgan fingerprint density at radius 1 is 1.04 bits per heavy atom. The summed E-state index contributed by atoms with van der Waals surface area (Å²) in [6, 6.07) is 11.0. The van der Waals surface area contributed by atoms with Crippen molar-refractivity contribution < 1.29 is 13.9 Å². The first kappa shape index (κ1) is 18.1. The highest BCUT2D eigenvalue weighted by Gasteiger charge is 2.23. The number of nitrogens with one attached hydrogen (secondary N) is 1. The van der Waals surface area contributed by atoms with Crippen LogP contribution in [0.2, 0.25) is 0 Å². The molecule has 2 saturated heterocycles. The maximum Gasteiger partial charge on any atom is 0.257 e. The summed E-state index contributed by atoms with van der Waals surface area (Å²) in [5.41, 5.74) is 3.21. The van der Waals surface area contributed by atoms with E-state index < -0.39 is 0 Å². The van der Waals surface area contributed by atoms with Gasteiger partial charge in [-0.25, -0.2) is 0 Å². The second-order valence-electron chi connectivity index (χ2n) is 7.23. The van der Waals surface area contributed by atoms with Gasteiger partial charge in [-0.3, -0.25) is 4.79 Å². The molecule has 0 atom stereocenters. The van der Waals surface area contributed by atoms with Crippen LogP contribution in [0.1, 0.15) is 28.8 Å². The molecule has 144 valence electrons. The third-order valence-electron chi connectivity index (χ3n) is 5.46. The monoisotopic (exact) mass is 369 g/mol. The lowest BCUT2D eigenvalue weighted by Crippen LogP contribution is -2.44. The Hall–Kier alpha value is -2.31. The van der Waals surface area contributed by atoms with Gasteiger partial charge in [-0.05, 0) is 36.6 Å². The molecule has 1 aromatic carbocycles. The van der Waals surface area contributed by atoms with Crippen LogP contribution in [0.4, 0.5) is 5.69 Å². The molecular weight excluding hydrogens is 342 g/mol. The van der Waals surface area contributed by atoms with Crippen LogP contribution in [0.15, 0.2) is 47.3 Å². The van der Waals surface area contributed by atoms with Crippen LogP contribution in [-0.2, 0) is 11.3 Å². The van der Waals surface area contributed by atoms with E-state index >= 15 is 0 Å². The highest BCUT2D eigenvalue weighted by molar-refractivity contribution is 5.93. The Morgan fingerprint density at radius 2 is 1.78 bits per heavy atom. The number of rotatable bonds is 5. The predicted molar refractivity (Wildman–Crippen MR) is 104 cm³/mol. The summed E-state index contributed by atoms with van der Waals surface area (Å²) in [6.45, 7) is 6.00. The molecule has 0 unspecified atom stereocenters. The minimum atomic E-state index is 0.0703. The van der Waals surface area contributed by atoms with Gasteiger partial charge in [-0.2, -0.15) is 0 Å². The van der Waals surface area contributed by atoms with Crippen molar-refractivity contribution in [1.82, 2.24) is 10.2 Å². The molecule has 0 saturated carbocycles. The van der Waals surface area contributed by atoms with E-state index in [0.29, 0.717) is 11.6 Å². The van der Waals surface area contributed by atoms with Crippen LogP contribution in [0.5, 0.6) is 0 Å². The molecule has 27 heavy (non-hydrogen) atoms. The van der Waals surface area contributed by atoms with Gasteiger partial charge in [0.15, 0.2) is 0 Å². The molecule has 2 aliphatic rings. The zero-order valence-electron chi connectivity index (χ0n) is 15.6. The number of carbonyl (C=O) groups is 1. The molecule has 3 heterocycles. The van der Waals surface area contributed by atoms with E-state index in [2.05, 4.69) is 34.5 Å². The molecule has 0 radical (unpaired) electrons. The Labute approximate surface area is 160 Å². The van der Waals surface area contributed by atoms with Gasteiger partial charge in [0.25, 0.3) is 5.91 Å². The summed E-state index contributed by atoms with van der Waals surface area (Å²) in [5.74, 6) is 0.0703. The van der Waals surface area contributed by atoms with E-state index in [0.717, 1.165) is 58.8 Å². The normalized spacial score (nSPS) is 18.7. The number of furan rings is 1. The summed E-state index contributed by atoms with van der Waals surface area (Å²) in [4.78, 5) is 16.6. The molecule has 2 aliphatic heterocycles. The maximum atomic E-state index is 12.3. The number of hydrogen-bond donors (Lipinski definition) is 1. The maximum absolute atomic E-state index is 12.3. The van der Waals surface area contributed by atoms with Gasteiger partial charge in [-0.1, -0.05) is 12.1 Å². The number of nitrogens with zero attached hydrogens (tertiary/aromatic N) is 2. The van der Waals surface area contributed by atoms with E-state index in [1.54, 1.807) is 12.3 Å². The van der Waals surface area contributed by atoms with E-state index in [1.165, 1.54) is 17.5 Å². The highest BCUT2D eigenvalue weighted by atomic mass is 16.5. The number of morpholine rings is 1. The van der Waals surface area contributed by atoms with Gasteiger partial charge in [0.05, 0.1) is 25.0 Å². The van der Waals surface area contributed by atoms with Crippen molar-refractivity contribution in [3.05, 3.63) is 54.0 Å². The SMILES string of the molecule is O=C(c1ccoc1)N1CCC(NCc2ccc(N3CCOCC3)cc2)CC1. The zero-order chi connectivity index (χ0) is 18.5. The number of anilines is 1. The molecule has 6 nitrogen and oxygen atoms in total. The van der Waals surface area contributed by atoms with Crippen molar-refractivity contribution in [1.29, 1.82) is 0 Å². The molecule has 1 aromatic heterocycles. The van der Waals surface area contributed by atoms with Crippen LogP contribution < -0.4 is 10.2 Å². The van der Waals surface area contributed by atoms with Gasteiger partial charge in [0, 0.05) is 44.5 Å². The summed E-state index contributed by atoms with van der Waals surface area (Å²) in [5, 5.41) is 3.64. The quantitative estimate of drug-likeness (QED) is 0.878. The second-order valence-corrected chi connectivity index (χ2v) is 7.23. The van der Waals surface area contributed by atoms with Crippen LogP contribution in [0.3, 0.4) is 0 Å². The van der Waals surface area contributed by atoms with Crippen molar-refractivity contribution in [2.24, 2.45) is 0 Å². The molecule has 1 amide bonds. The minimum absolute atomic E-state index is 0.0703. The summed E-state index contributed by atoms with van der Waals surface area (Å²) < 4.78 is 10.4. The van der Waals surface area contributed by atoms with Gasteiger partial charge in [0.2, 0.25) is 0 Å². The standard InChI is InChI=1S/C21H27N3O3/c25-21(18-7-12-27-16-18)24-8-5-19(6-9-24)22-15-17-1-3-20(4-2-17)23-10-13-26-14-11-23/h1-4,7,12,16,19,22H,5-6,8-11,13-15H2. The smallest absolute Gasteiger partial charge is 0.257 e. The third-order valence-corrected chi connectivity index (χ3v) is 5.46. The van der Waals surface area contributed by atoms with Crippen molar-refractivity contribution >= 4 is 11.6 Å². The molecule has 0 aliphatic carbocycles. The molecule has 0 bridgehead atoms. The topological polar surface area (TPSA) is 58.0 Å². The number of ether oxygens (including phenoxy) is 1. The van der Waals surface area contributed by atoms with Crippen LogP contribution in [0.25, 0.3) is 0 Å². The Kier molecular flexibility index (Phi) is 5.75. The molecule has 1 N–H and O–H groups in total. The Balaban J connectivity index is 1.22. The average molecular weight is 369 g/mol. The number of benzene rings is 1. The first-order valence-electron chi connectivity index (χ1n) is 9.76. The first-order valence-corrected chi connectivity index (χ1v) is 9.76. The van der Waals surface area contributed by atoms with Gasteiger partial charge < -0.3 is 24.3 Å². The van der Waals surface area contributed by atoms with E-state index in [-0.39, 0.29) is 5.91 Å². The number of likely N-dealkylation sites (tertiary alicyclic amines) is 1. The third kappa shape index (κ3) is 4.51. The molecule has 0 spiro atoms. The van der Waals surface area contributed by atoms with Crippen molar-refractivity contribution in [3.63, 3.8) is 0 Å². The van der Waals surface area contributed by atoms with Crippen LogP contribution in [-0.4, -0.2) is 56.2 Å². The van der Waals surface area contributed by atoms with Gasteiger partial charge >= 0.3 is 0 Å². The average Bonchev–Trinajstić information content (AvgIpc) is 3.28. The molecule has 4 rings (SSSR count). The largest absolute Gasteiger partial charge is 0.472 e. The Bertz CT molecular complexity index is 716. The molecule has 6 heteroatoms. The zero-order valence-corrected chi connectivity index (χ0v) is 15.6. The summed E-state index contributed by atoms with van der Waals surface area (Å²) in [6.07, 6.45) is 5.03. The van der Waals surface area contributed by atoms with Crippen molar-refractivity contribution in [2.45, 2.75) is 25.4 Å². The van der Waals surface area contributed by atoms with Crippen molar-refractivity contribution in [2.75, 3.05) is 44.3 Å². The van der Waals surface area contributed by atoms with E-state index in [9.17, 15) is 4.79 Å². The number of hydrogen-bond acceptors (Lipinski definition) is 5. The number of piperidine rings is 1. The van der Waals surface area contributed by atoms with Gasteiger partial charge in [0.1, 0.15) is 6.26 Å². The summed E-state index contributed by atoms with van der Waals surface area (Å²) >= 11 is 0. The van der Waals surface area contributed by atoms with Crippen LogP contribution in [0, 0.1) is 0 Å². The lowest BCUT2D eigenvalue weighted by atomic mass is 10.0. The van der Waals surface area contributed by atoms with Crippen LogP contribution >= 0.6 is 0 Å². The second kappa shape index (κ2) is 8.59. The number of carbonyl (C=O) groups excluding carboxylic acids is 1. The molecule has 2 aromatic rings.